The van der Waals surface area contributed by atoms with Crippen molar-refractivity contribution in [3.05, 3.63) is 54.1 Å². The zero-order valence-corrected chi connectivity index (χ0v) is 22.1. The van der Waals surface area contributed by atoms with Crippen molar-refractivity contribution in [2.75, 3.05) is 0 Å². The van der Waals surface area contributed by atoms with E-state index in [0.29, 0.717) is 5.69 Å². The topological polar surface area (TPSA) is 222 Å². The fourth-order valence-corrected chi connectivity index (χ4v) is 3.83. The molecule has 0 aliphatic rings. The first kappa shape index (κ1) is 31.0. The fourth-order valence-electron chi connectivity index (χ4n) is 3.83. The first-order chi connectivity index (χ1) is 18.5. The van der Waals surface area contributed by atoms with Gasteiger partial charge in [0.1, 0.15) is 18.1 Å². The van der Waals surface area contributed by atoms with Crippen LogP contribution in [0.25, 0.3) is 0 Å². The van der Waals surface area contributed by atoms with Gasteiger partial charge in [0, 0.05) is 31.2 Å². The van der Waals surface area contributed by atoms with E-state index in [0.717, 1.165) is 5.56 Å². The second kappa shape index (κ2) is 15.2. The highest BCUT2D eigenvalue weighted by molar-refractivity contribution is 5.94. The van der Waals surface area contributed by atoms with Gasteiger partial charge in [-0.2, -0.15) is 0 Å². The number of carboxylic acid groups (broad SMARTS) is 1. The first-order valence-corrected chi connectivity index (χ1v) is 12.6. The number of carboxylic acids is 1. The molecule has 9 N–H and O–H groups in total. The summed E-state index contributed by atoms with van der Waals surface area (Å²) in [6.07, 6.45) is 3.08. The number of nitrogens with zero attached hydrogens (tertiary/aromatic N) is 1. The number of primary amides is 1. The van der Waals surface area contributed by atoms with Gasteiger partial charge in [0.25, 0.3) is 0 Å². The summed E-state index contributed by atoms with van der Waals surface area (Å²) in [5.41, 5.74) is 12.2. The van der Waals surface area contributed by atoms with E-state index < -0.39 is 53.8 Å². The molecule has 0 bridgehead atoms. The standard InChI is InChI=1S/C26H37N7O6/c1-15(2)10-19(31-23(35)18(27)8-9-22(28)34)24(36)32-20(11-16-6-4-3-5-7-16)25(37)33-21(26(38)39)12-17-13-29-14-30-17/h3-7,13-15,18-21H,8-12,27H2,1-2H3,(H2,28,34)(H,29,30)(H,31,35)(H,32,36)(H,33,37)(H,38,39). The molecule has 0 saturated carbocycles. The number of H-pyrrole nitrogens is 1. The minimum Gasteiger partial charge on any atom is -0.480 e. The number of nitrogens with two attached hydrogens (primary N) is 2. The molecule has 0 aliphatic carbocycles. The lowest BCUT2D eigenvalue weighted by Crippen LogP contribution is -2.58. The monoisotopic (exact) mass is 543 g/mol. The molecule has 2 aromatic rings. The van der Waals surface area contributed by atoms with Crippen LogP contribution >= 0.6 is 0 Å². The SMILES string of the molecule is CC(C)CC(NC(=O)C(N)CCC(N)=O)C(=O)NC(Cc1ccccc1)C(=O)NC(Cc1cnc[nH]1)C(=O)O. The predicted octanol–water partition coefficient (Wildman–Crippen LogP) is -0.627. The Hall–Kier alpha value is -4.26. The first-order valence-electron chi connectivity index (χ1n) is 12.6. The van der Waals surface area contributed by atoms with Crippen molar-refractivity contribution in [3.63, 3.8) is 0 Å². The molecule has 0 radical (unpaired) electrons. The Labute approximate surface area is 226 Å². The van der Waals surface area contributed by atoms with Crippen LogP contribution in [0.3, 0.4) is 0 Å². The summed E-state index contributed by atoms with van der Waals surface area (Å²) in [5, 5.41) is 17.4. The maximum absolute atomic E-state index is 13.3. The molecular weight excluding hydrogens is 506 g/mol. The van der Waals surface area contributed by atoms with Crippen LogP contribution in [0.1, 0.15) is 44.4 Å². The highest BCUT2D eigenvalue weighted by Gasteiger charge is 2.31. The number of amides is 4. The van der Waals surface area contributed by atoms with Crippen molar-refractivity contribution in [2.45, 2.75) is 70.1 Å². The van der Waals surface area contributed by atoms with Crippen LogP contribution in [0.4, 0.5) is 0 Å². The van der Waals surface area contributed by atoms with Crippen molar-refractivity contribution >= 4 is 29.6 Å². The lowest BCUT2D eigenvalue weighted by Gasteiger charge is -2.26. The molecule has 39 heavy (non-hydrogen) atoms. The number of hydrogen-bond acceptors (Lipinski definition) is 7. The van der Waals surface area contributed by atoms with Crippen molar-refractivity contribution in [1.29, 1.82) is 0 Å². The Bertz CT molecular complexity index is 1110. The van der Waals surface area contributed by atoms with Crippen LogP contribution in [0.5, 0.6) is 0 Å². The second-order valence-corrected chi connectivity index (χ2v) is 9.73. The van der Waals surface area contributed by atoms with E-state index in [1.54, 1.807) is 30.3 Å². The molecule has 0 aliphatic heterocycles. The molecule has 1 aromatic carbocycles. The van der Waals surface area contributed by atoms with Gasteiger partial charge >= 0.3 is 5.97 Å². The molecule has 13 nitrogen and oxygen atoms in total. The van der Waals surface area contributed by atoms with Crippen LogP contribution in [0.2, 0.25) is 0 Å². The van der Waals surface area contributed by atoms with E-state index in [4.69, 9.17) is 11.5 Å². The largest absolute Gasteiger partial charge is 0.480 e. The van der Waals surface area contributed by atoms with E-state index >= 15 is 0 Å². The van der Waals surface area contributed by atoms with E-state index in [-0.39, 0.29) is 38.0 Å². The summed E-state index contributed by atoms with van der Waals surface area (Å²) < 4.78 is 0. The third-order valence-corrected chi connectivity index (χ3v) is 5.89. The average Bonchev–Trinajstić information content (AvgIpc) is 3.39. The summed E-state index contributed by atoms with van der Waals surface area (Å²) in [5.74, 6) is -3.82. The molecule has 4 amide bonds. The average molecular weight is 544 g/mol. The number of carbonyl (C=O) groups excluding carboxylic acids is 4. The lowest BCUT2D eigenvalue weighted by molar-refractivity contribution is -0.142. The zero-order chi connectivity index (χ0) is 28.9. The molecule has 13 heteroatoms. The van der Waals surface area contributed by atoms with E-state index in [1.165, 1.54) is 12.5 Å². The molecule has 4 atom stereocenters. The van der Waals surface area contributed by atoms with Crippen molar-refractivity contribution in [3.8, 4) is 0 Å². The van der Waals surface area contributed by atoms with E-state index in [1.807, 2.05) is 13.8 Å². The number of carbonyl (C=O) groups is 5. The number of rotatable bonds is 16. The van der Waals surface area contributed by atoms with Gasteiger partial charge in [0.15, 0.2) is 0 Å². The molecule has 1 heterocycles. The summed E-state index contributed by atoms with van der Waals surface area (Å²) in [6.45, 7) is 3.72. The minimum absolute atomic E-state index is 0.00455. The highest BCUT2D eigenvalue weighted by Crippen LogP contribution is 2.09. The molecule has 2 rings (SSSR count). The van der Waals surface area contributed by atoms with E-state index in [9.17, 15) is 29.1 Å². The van der Waals surface area contributed by atoms with Crippen LogP contribution < -0.4 is 27.4 Å². The Balaban J connectivity index is 2.21. The van der Waals surface area contributed by atoms with Gasteiger partial charge < -0.3 is 37.5 Å². The smallest absolute Gasteiger partial charge is 0.326 e. The highest BCUT2D eigenvalue weighted by atomic mass is 16.4. The van der Waals surface area contributed by atoms with Gasteiger partial charge in [-0.1, -0.05) is 44.2 Å². The molecule has 212 valence electrons. The van der Waals surface area contributed by atoms with Gasteiger partial charge in [-0.05, 0) is 24.3 Å². The van der Waals surface area contributed by atoms with Crippen LogP contribution in [0, 0.1) is 5.92 Å². The maximum Gasteiger partial charge on any atom is 0.326 e. The fraction of sp³-hybridized carbons (Fsp3) is 0.462. The molecule has 0 saturated heterocycles. The Morgan fingerprint density at radius 1 is 0.923 bits per heavy atom. The van der Waals surface area contributed by atoms with Crippen molar-refractivity contribution < 1.29 is 29.1 Å². The predicted molar refractivity (Wildman–Crippen MR) is 142 cm³/mol. The minimum atomic E-state index is -1.28. The molecule has 4 unspecified atom stereocenters. The lowest BCUT2D eigenvalue weighted by atomic mass is 10.00. The van der Waals surface area contributed by atoms with Crippen LogP contribution in [-0.4, -0.2) is 68.8 Å². The van der Waals surface area contributed by atoms with Gasteiger partial charge in [-0.3, -0.25) is 19.2 Å². The van der Waals surface area contributed by atoms with E-state index in [2.05, 4.69) is 25.9 Å². The molecule has 0 spiro atoms. The number of aromatic nitrogens is 2. The summed E-state index contributed by atoms with van der Waals surface area (Å²) in [7, 11) is 0. The zero-order valence-electron chi connectivity index (χ0n) is 22.1. The Kier molecular flexibility index (Phi) is 12.1. The van der Waals surface area contributed by atoms with Gasteiger partial charge in [0.05, 0.1) is 12.4 Å². The van der Waals surface area contributed by atoms with Gasteiger partial charge in [-0.15, -0.1) is 0 Å². The third kappa shape index (κ3) is 10.9. The number of benzene rings is 1. The Morgan fingerprint density at radius 3 is 2.10 bits per heavy atom. The number of aromatic amines is 1. The summed E-state index contributed by atoms with van der Waals surface area (Å²) >= 11 is 0. The molecule has 0 fully saturated rings. The van der Waals surface area contributed by atoms with Crippen molar-refractivity contribution in [1.82, 2.24) is 25.9 Å². The number of hydrogen-bond donors (Lipinski definition) is 7. The quantitative estimate of drug-likeness (QED) is 0.144. The molecule has 1 aromatic heterocycles. The van der Waals surface area contributed by atoms with Crippen molar-refractivity contribution in [2.24, 2.45) is 17.4 Å². The third-order valence-electron chi connectivity index (χ3n) is 5.89. The summed E-state index contributed by atoms with van der Waals surface area (Å²) in [4.78, 5) is 68.8. The molecular formula is C26H37N7O6. The summed E-state index contributed by atoms with van der Waals surface area (Å²) in [6, 6.07) is 4.41. The Morgan fingerprint density at radius 2 is 1.54 bits per heavy atom. The van der Waals surface area contributed by atoms with Gasteiger partial charge in [-0.25, -0.2) is 9.78 Å². The van der Waals surface area contributed by atoms with Crippen LogP contribution in [0.15, 0.2) is 42.9 Å². The van der Waals surface area contributed by atoms with Gasteiger partial charge in [0.2, 0.25) is 23.6 Å². The maximum atomic E-state index is 13.3. The number of imidazole rings is 1. The number of nitrogens with one attached hydrogen (secondary N) is 4. The second-order valence-electron chi connectivity index (χ2n) is 9.73. The van der Waals surface area contributed by atoms with Crippen LogP contribution in [-0.2, 0) is 36.8 Å². The normalized spacial score (nSPS) is 14.1. The number of aliphatic carboxylic acids is 1.